The topological polar surface area (TPSA) is 88.4 Å². The highest BCUT2D eigenvalue weighted by Gasteiger charge is 2.30. The minimum atomic E-state index is -3.78. The number of sulfonamides is 1. The van der Waals surface area contributed by atoms with E-state index in [2.05, 4.69) is 10.3 Å². The van der Waals surface area contributed by atoms with Crippen molar-refractivity contribution in [1.29, 1.82) is 0 Å². The zero-order chi connectivity index (χ0) is 22.9. The maximum absolute atomic E-state index is 13.2. The Morgan fingerprint density at radius 2 is 1.81 bits per heavy atom. The summed E-state index contributed by atoms with van der Waals surface area (Å²) < 4.78 is 41.8. The van der Waals surface area contributed by atoms with Gasteiger partial charge in [-0.05, 0) is 55.8 Å². The first-order valence-electron chi connectivity index (χ1n) is 10.0. The third kappa shape index (κ3) is 4.38. The van der Waals surface area contributed by atoms with Gasteiger partial charge in [-0.2, -0.15) is 4.31 Å². The summed E-state index contributed by atoms with van der Waals surface area (Å²) in [6.45, 7) is 2.74. The molecule has 1 saturated heterocycles. The minimum Gasteiger partial charge on any atom is -0.336 e. The number of amides is 1. The lowest BCUT2D eigenvalue weighted by Gasteiger charge is -2.21. The Hall–Kier alpha value is -2.82. The molecule has 0 N–H and O–H groups in total. The summed E-state index contributed by atoms with van der Waals surface area (Å²) in [6.07, 6.45) is 0.466. The highest BCUT2D eigenvalue weighted by molar-refractivity contribution is 7.89. The molecule has 1 aliphatic rings. The standard InChI is InChI=1S/C21H21ClFN5O3S/c1-15-20(24-25-28(15)18-5-2-4-16(22)14-18)21(29)26-10-3-11-27(13-12-26)32(30,31)19-8-6-17(23)7-9-19/h2,4-9,14H,3,10-13H2,1H3. The Bertz CT molecular complexity index is 1250. The predicted molar refractivity (Wildman–Crippen MR) is 117 cm³/mol. The molecular formula is C21H21ClFN5O3S. The second kappa shape index (κ2) is 8.97. The highest BCUT2D eigenvalue weighted by atomic mass is 35.5. The molecule has 32 heavy (non-hydrogen) atoms. The van der Waals surface area contributed by atoms with Gasteiger partial charge in [0.05, 0.1) is 16.3 Å². The maximum atomic E-state index is 13.2. The van der Waals surface area contributed by atoms with Crippen molar-refractivity contribution in [3.63, 3.8) is 0 Å². The van der Waals surface area contributed by atoms with Crippen LogP contribution in [0.25, 0.3) is 5.69 Å². The van der Waals surface area contributed by atoms with E-state index < -0.39 is 15.8 Å². The second-order valence-corrected chi connectivity index (χ2v) is 9.79. The average molecular weight is 478 g/mol. The van der Waals surface area contributed by atoms with Crippen molar-refractivity contribution in [3.8, 4) is 5.69 Å². The Labute approximate surface area is 190 Å². The molecule has 1 amide bonds. The van der Waals surface area contributed by atoms with Crippen LogP contribution in [0, 0.1) is 12.7 Å². The van der Waals surface area contributed by atoms with Crippen molar-refractivity contribution < 1.29 is 17.6 Å². The van der Waals surface area contributed by atoms with Gasteiger partial charge >= 0.3 is 0 Å². The normalized spacial score (nSPS) is 15.5. The van der Waals surface area contributed by atoms with E-state index in [0.29, 0.717) is 29.4 Å². The Morgan fingerprint density at radius 3 is 2.53 bits per heavy atom. The van der Waals surface area contributed by atoms with Crippen molar-refractivity contribution in [2.24, 2.45) is 0 Å². The van der Waals surface area contributed by atoms with Crippen LogP contribution in [0.15, 0.2) is 53.4 Å². The number of carbonyl (C=O) groups excluding carboxylic acids is 1. The molecule has 3 aromatic rings. The van der Waals surface area contributed by atoms with Crippen LogP contribution in [-0.2, 0) is 10.0 Å². The fraction of sp³-hybridized carbons (Fsp3) is 0.286. The fourth-order valence-electron chi connectivity index (χ4n) is 3.62. The van der Waals surface area contributed by atoms with Gasteiger partial charge in [0, 0.05) is 31.2 Å². The van der Waals surface area contributed by atoms with Crippen LogP contribution in [0.5, 0.6) is 0 Å². The highest BCUT2D eigenvalue weighted by Crippen LogP contribution is 2.21. The summed E-state index contributed by atoms with van der Waals surface area (Å²) in [5.74, 6) is -0.811. The number of hydrogen-bond acceptors (Lipinski definition) is 5. The quantitative estimate of drug-likeness (QED) is 0.576. The first-order chi connectivity index (χ1) is 15.3. The Balaban J connectivity index is 1.50. The molecule has 2 heterocycles. The van der Waals surface area contributed by atoms with Crippen LogP contribution in [-0.4, -0.2) is 64.7 Å². The molecule has 0 unspecified atom stereocenters. The molecule has 4 rings (SSSR count). The van der Waals surface area contributed by atoms with Crippen LogP contribution in [0.2, 0.25) is 5.02 Å². The zero-order valence-electron chi connectivity index (χ0n) is 17.3. The third-order valence-corrected chi connectivity index (χ3v) is 7.49. The molecule has 0 aliphatic carbocycles. The van der Waals surface area contributed by atoms with Gasteiger partial charge in [-0.3, -0.25) is 4.79 Å². The van der Waals surface area contributed by atoms with Crippen LogP contribution < -0.4 is 0 Å². The van der Waals surface area contributed by atoms with Crippen molar-refractivity contribution in [2.75, 3.05) is 26.2 Å². The molecule has 1 fully saturated rings. The summed E-state index contributed by atoms with van der Waals surface area (Å²) in [5, 5.41) is 8.70. The second-order valence-electron chi connectivity index (χ2n) is 7.42. The fourth-order valence-corrected chi connectivity index (χ4v) is 5.28. The SMILES string of the molecule is Cc1c(C(=O)N2CCCN(S(=O)(=O)c3ccc(F)cc3)CC2)nnn1-c1cccc(Cl)c1. The molecule has 11 heteroatoms. The number of benzene rings is 2. The first-order valence-corrected chi connectivity index (χ1v) is 11.8. The van der Waals surface area contributed by atoms with E-state index in [0.717, 1.165) is 12.1 Å². The summed E-state index contributed by atoms with van der Waals surface area (Å²) in [6, 6.07) is 11.8. The molecular weight excluding hydrogens is 457 g/mol. The van der Waals surface area contributed by atoms with Gasteiger partial charge in [0.15, 0.2) is 5.69 Å². The lowest BCUT2D eigenvalue weighted by Crippen LogP contribution is -2.37. The van der Waals surface area contributed by atoms with Gasteiger partial charge in [0.25, 0.3) is 5.91 Å². The van der Waals surface area contributed by atoms with Crippen molar-refractivity contribution >= 4 is 27.5 Å². The summed E-state index contributed by atoms with van der Waals surface area (Å²) in [4.78, 5) is 14.7. The van der Waals surface area contributed by atoms with E-state index in [1.54, 1.807) is 34.7 Å². The number of nitrogens with zero attached hydrogens (tertiary/aromatic N) is 5. The molecule has 0 spiro atoms. The largest absolute Gasteiger partial charge is 0.336 e. The first kappa shape index (κ1) is 22.4. The number of halogens is 2. The van der Waals surface area contributed by atoms with Crippen molar-refractivity contribution in [1.82, 2.24) is 24.2 Å². The van der Waals surface area contributed by atoms with E-state index in [9.17, 15) is 17.6 Å². The summed E-state index contributed by atoms with van der Waals surface area (Å²) in [5.41, 5.74) is 1.46. The van der Waals surface area contributed by atoms with Gasteiger partial charge in [0.2, 0.25) is 10.0 Å². The van der Waals surface area contributed by atoms with E-state index in [-0.39, 0.29) is 36.1 Å². The number of hydrogen-bond donors (Lipinski definition) is 0. The van der Waals surface area contributed by atoms with E-state index >= 15 is 0 Å². The van der Waals surface area contributed by atoms with Gasteiger partial charge in [-0.15, -0.1) is 5.10 Å². The van der Waals surface area contributed by atoms with Crippen LogP contribution in [0.1, 0.15) is 22.6 Å². The van der Waals surface area contributed by atoms with Crippen molar-refractivity contribution in [3.05, 3.63) is 70.8 Å². The van der Waals surface area contributed by atoms with Crippen LogP contribution in [0.4, 0.5) is 4.39 Å². The van der Waals surface area contributed by atoms with Gasteiger partial charge in [-0.25, -0.2) is 17.5 Å². The number of carbonyl (C=O) groups is 1. The van der Waals surface area contributed by atoms with Gasteiger partial charge in [0.1, 0.15) is 5.82 Å². The van der Waals surface area contributed by atoms with Crippen molar-refractivity contribution in [2.45, 2.75) is 18.2 Å². The monoisotopic (exact) mass is 477 g/mol. The Kier molecular flexibility index (Phi) is 6.27. The average Bonchev–Trinajstić information content (AvgIpc) is 2.98. The van der Waals surface area contributed by atoms with Gasteiger partial charge < -0.3 is 4.90 Å². The molecule has 1 aromatic heterocycles. The molecule has 8 nitrogen and oxygen atoms in total. The third-order valence-electron chi connectivity index (χ3n) is 5.34. The molecule has 0 atom stereocenters. The summed E-state index contributed by atoms with van der Waals surface area (Å²) in [7, 11) is -3.78. The smallest absolute Gasteiger partial charge is 0.276 e. The van der Waals surface area contributed by atoms with Gasteiger partial charge in [-0.1, -0.05) is 22.9 Å². The van der Waals surface area contributed by atoms with Crippen LogP contribution in [0.3, 0.4) is 0 Å². The molecule has 0 saturated carbocycles. The molecule has 1 aliphatic heterocycles. The summed E-state index contributed by atoms with van der Waals surface area (Å²) >= 11 is 6.05. The lowest BCUT2D eigenvalue weighted by molar-refractivity contribution is 0.0757. The Morgan fingerprint density at radius 1 is 1.06 bits per heavy atom. The molecule has 0 radical (unpaired) electrons. The maximum Gasteiger partial charge on any atom is 0.276 e. The molecule has 168 valence electrons. The minimum absolute atomic E-state index is 0.0268. The number of rotatable bonds is 4. The van der Waals surface area contributed by atoms with Crippen LogP contribution >= 0.6 is 11.6 Å². The molecule has 0 bridgehead atoms. The van der Waals surface area contributed by atoms with E-state index in [1.165, 1.54) is 16.4 Å². The zero-order valence-corrected chi connectivity index (χ0v) is 18.9. The predicted octanol–water partition coefficient (Wildman–Crippen LogP) is 2.91. The van der Waals surface area contributed by atoms with E-state index in [4.69, 9.17) is 11.6 Å². The molecule has 2 aromatic carbocycles. The lowest BCUT2D eigenvalue weighted by atomic mass is 10.2. The number of aromatic nitrogens is 3. The van der Waals surface area contributed by atoms with E-state index in [1.807, 2.05) is 6.07 Å².